The predicted molar refractivity (Wildman–Crippen MR) is 446 cm³/mol. The zero-order chi connectivity index (χ0) is 75.0. The Hall–Kier alpha value is -0.946. The second-order valence-corrected chi connectivity index (χ2v) is 40.7. The van der Waals surface area contributed by atoms with Crippen molar-refractivity contribution in [2.45, 2.75) is 478 Å². The van der Waals surface area contributed by atoms with Gasteiger partial charge in [-0.15, -0.1) is 0 Å². The Kier molecular flexibility index (Phi) is 83.4. The second kappa shape index (κ2) is 82.5. The number of hydrogen-bond donors (Lipinski definition) is 2. The first-order valence-corrected chi connectivity index (χ1v) is 51.6. The number of ether oxygens (including phenoxy) is 4. The van der Waals surface area contributed by atoms with E-state index in [0.29, 0.717) is 26.1 Å². The lowest BCUT2D eigenvalue weighted by Gasteiger charge is -2.29. The van der Waals surface area contributed by atoms with Gasteiger partial charge in [0.05, 0.1) is 26.4 Å². The van der Waals surface area contributed by atoms with Crippen LogP contribution < -0.4 is 0 Å². The monoisotopic (exact) mass is 1480 g/mol. The normalized spacial score (nSPS) is 12.6. The number of rotatable bonds is 84. The topological polar surface area (TPSA) is 136 Å². The minimum atomic E-state index is -1.69. The number of aliphatic hydroxyl groups excluding tert-OH is 2. The Morgan fingerprint density at radius 1 is 0.275 bits per heavy atom. The fraction of sp³-hybridized carbons (Fsp3) is 0.977. The van der Waals surface area contributed by atoms with Gasteiger partial charge in [0, 0.05) is 39.1 Å². The van der Waals surface area contributed by atoms with Crippen LogP contribution in [0, 0.1) is 0 Å². The van der Waals surface area contributed by atoms with E-state index in [9.17, 15) is 19.8 Å². The van der Waals surface area contributed by atoms with Gasteiger partial charge in [-0.3, -0.25) is 9.59 Å². The van der Waals surface area contributed by atoms with Crippen molar-refractivity contribution in [3.63, 3.8) is 0 Å². The van der Waals surface area contributed by atoms with E-state index in [4.69, 9.17) is 27.8 Å². The van der Waals surface area contributed by atoms with Gasteiger partial charge in [-0.1, -0.05) is 324 Å². The van der Waals surface area contributed by atoms with Crippen molar-refractivity contribution < 1.29 is 47.6 Å². The van der Waals surface area contributed by atoms with Crippen LogP contribution in [0.4, 0.5) is 0 Å². The summed E-state index contributed by atoms with van der Waals surface area (Å²) in [6.07, 6.45) is 73.1. The number of hydrogen-bond acceptors (Lipinski definition) is 12. The molecule has 12 nitrogen and oxygen atoms in total. The zero-order valence-corrected chi connectivity index (χ0v) is 72.5. The average molecular weight is 1480 g/mol. The highest BCUT2D eigenvalue weighted by Crippen LogP contribution is 2.25. The molecule has 102 heavy (non-hydrogen) atoms. The van der Waals surface area contributed by atoms with E-state index in [-0.39, 0.29) is 37.7 Å². The molecule has 0 saturated heterocycles. The van der Waals surface area contributed by atoms with E-state index in [2.05, 4.69) is 77.5 Å². The molecule has 2 N–H and O–H groups in total. The maximum Gasteiger partial charge on any atom is 0.305 e. The van der Waals surface area contributed by atoms with Crippen molar-refractivity contribution in [2.24, 2.45) is 0 Å². The lowest BCUT2D eigenvalue weighted by molar-refractivity contribution is -0.144. The third kappa shape index (κ3) is 80.1. The van der Waals surface area contributed by atoms with Gasteiger partial charge in [-0.05, 0) is 154 Å². The summed E-state index contributed by atoms with van der Waals surface area (Å²) < 4.78 is 37.0. The van der Waals surface area contributed by atoms with Crippen LogP contribution in [-0.2, 0) is 37.4 Å². The molecule has 0 aliphatic heterocycles. The minimum Gasteiger partial charge on any atom is -0.466 e. The minimum absolute atomic E-state index is 0.00273. The summed E-state index contributed by atoms with van der Waals surface area (Å²) in [7, 11) is -3.37. The summed E-state index contributed by atoms with van der Waals surface area (Å²) >= 11 is 0. The van der Waals surface area contributed by atoms with Crippen molar-refractivity contribution in [2.75, 3.05) is 78.9 Å². The van der Waals surface area contributed by atoms with E-state index in [1.54, 1.807) is 0 Å². The van der Waals surface area contributed by atoms with Crippen LogP contribution in [0.15, 0.2) is 0 Å². The lowest BCUT2D eigenvalue weighted by atomic mass is 10.1. The highest BCUT2D eigenvalue weighted by Gasteiger charge is 2.28. The maximum absolute atomic E-state index is 12.1. The standard InChI is InChI=1S/2C44H91NO5Si/c2*1-6-9-12-15-16-17-20-24-31-40-48-43(47)34-27-26-30-37-45(38-39-46)36-29-23-19-18-21-25-32-41-49-44(35-28-22-13-10-7-2)50-51(4,5)42-33-14-11-8-3/h2*44,46H,6-42H2,1-5H3. The molecule has 2 atom stereocenters. The summed E-state index contributed by atoms with van der Waals surface area (Å²) in [6, 6.07) is 2.50. The van der Waals surface area contributed by atoms with Crippen LogP contribution in [-0.4, -0.2) is 140 Å². The predicted octanol–water partition coefficient (Wildman–Crippen LogP) is 26.3. The van der Waals surface area contributed by atoms with E-state index in [0.717, 1.165) is 130 Å². The van der Waals surface area contributed by atoms with Crippen molar-refractivity contribution in [1.29, 1.82) is 0 Å². The Labute approximate surface area is 639 Å². The van der Waals surface area contributed by atoms with Gasteiger partial charge < -0.3 is 47.8 Å². The molecule has 0 fully saturated rings. The highest BCUT2D eigenvalue weighted by molar-refractivity contribution is 6.71. The SMILES string of the molecule is CCCCCCCCCCCOC(=O)CCCCCN(CCO)CCCCCCCCCOC(CCCCCCC)O[Si](C)(C)CCCCCC.CCCCCCCCCCCOC(=O)CCCCCN(CCO)CCCCCCCCCOC(CCCCCCC)O[Si](C)(C)CCCCCC. The summed E-state index contributed by atoms with van der Waals surface area (Å²) in [5.41, 5.74) is 0. The third-order valence-corrected chi connectivity index (χ3v) is 25.6. The molecule has 0 spiro atoms. The largest absolute Gasteiger partial charge is 0.466 e. The Morgan fingerprint density at radius 3 is 0.775 bits per heavy atom. The van der Waals surface area contributed by atoms with Gasteiger partial charge in [-0.25, -0.2) is 0 Å². The van der Waals surface area contributed by atoms with Crippen molar-refractivity contribution >= 4 is 28.6 Å². The number of nitrogens with zero attached hydrogens (tertiary/aromatic N) is 2. The lowest BCUT2D eigenvalue weighted by Crippen LogP contribution is -2.37. The summed E-state index contributed by atoms with van der Waals surface area (Å²) in [6.45, 7) is 32.1. The van der Waals surface area contributed by atoms with E-state index in [1.807, 2.05) is 0 Å². The van der Waals surface area contributed by atoms with E-state index in [1.165, 1.54) is 307 Å². The van der Waals surface area contributed by atoms with Gasteiger partial charge in [-0.2, -0.15) is 0 Å². The van der Waals surface area contributed by atoms with Gasteiger partial charge in [0.15, 0.2) is 16.6 Å². The molecule has 0 aromatic heterocycles. The number of carbonyl (C=O) groups excluding carboxylic acids is 2. The van der Waals surface area contributed by atoms with Gasteiger partial charge in [0.25, 0.3) is 0 Å². The van der Waals surface area contributed by atoms with E-state index < -0.39 is 16.6 Å². The molecular weight excluding hydrogens is 1300 g/mol. The molecule has 0 aliphatic carbocycles. The molecule has 0 amide bonds. The number of carbonyl (C=O) groups is 2. The molecule has 14 heteroatoms. The van der Waals surface area contributed by atoms with Crippen molar-refractivity contribution in [1.82, 2.24) is 9.80 Å². The molecule has 0 aliphatic rings. The second-order valence-electron chi connectivity index (χ2n) is 32.2. The molecular formula is C88H182N2O10Si2. The van der Waals surface area contributed by atoms with Gasteiger partial charge in [0.1, 0.15) is 12.6 Å². The fourth-order valence-corrected chi connectivity index (χ4v) is 18.1. The molecule has 0 aromatic rings. The van der Waals surface area contributed by atoms with Crippen LogP contribution in [0.1, 0.15) is 427 Å². The van der Waals surface area contributed by atoms with Crippen LogP contribution in [0.5, 0.6) is 0 Å². The Balaban J connectivity index is 0. The quantitative estimate of drug-likeness (QED) is 0.0260. The molecule has 2 unspecified atom stereocenters. The summed E-state index contributed by atoms with van der Waals surface area (Å²) in [4.78, 5) is 29.0. The maximum atomic E-state index is 12.1. The first-order chi connectivity index (χ1) is 49.8. The van der Waals surface area contributed by atoms with Crippen molar-refractivity contribution in [3.05, 3.63) is 0 Å². The van der Waals surface area contributed by atoms with Gasteiger partial charge in [0.2, 0.25) is 0 Å². The molecule has 0 aromatic carbocycles. The van der Waals surface area contributed by atoms with Crippen LogP contribution in [0.2, 0.25) is 38.3 Å². The van der Waals surface area contributed by atoms with Crippen LogP contribution in [0.3, 0.4) is 0 Å². The highest BCUT2D eigenvalue weighted by atomic mass is 28.4. The number of unbranched alkanes of at least 4 members (excludes halogenated alkanes) is 46. The molecule has 0 radical (unpaired) electrons. The van der Waals surface area contributed by atoms with Gasteiger partial charge >= 0.3 is 11.9 Å². The first kappa shape index (κ1) is 103. The zero-order valence-electron chi connectivity index (χ0n) is 70.5. The van der Waals surface area contributed by atoms with Crippen LogP contribution >= 0.6 is 0 Å². The van der Waals surface area contributed by atoms with E-state index >= 15 is 0 Å². The Morgan fingerprint density at radius 2 is 0.500 bits per heavy atom. The van der Waals surface area contributed by atoms with Crippen LogP contribution in [0.25, 0.3) is 0 Å². The smallest absolute Gasteiger partial charge is 0.305 e. The summed E-state index contributed by atoms with van der Waals surface area (Å²) in [5.74, 6) is -0.0653. The molecule has 0 saturated carbocycles. The average Bonchev–Trinajstić information content (AvgIpc) is 0.920. The number of esters is 2. The molecule has 0 heterocycles. The summed E-state index contributed by atoms with van der Waals surface area (Å²) in [5, 5.41) is 19.1. The molecule has 612 valence electrons. The Bertz CT molecular complexity index is 1530. The molecule has 0 bridgehead atoms. The number of aliphatic hydroxyl groups is 2. The first-order valence-electron chi connectivity index (χ1n) is 45.3. The fourth-order valence-electron chi connectivity index (χ4n) is 13.9. The third-order valence-electron chi connectivity index (χ3n) is 20.7. The molecule has 0 rings (SSSR count). The van der Waals surface area contributed by atoms with Crippen molar-refractivity contribution in [3.8, 4) is 0 Å².